The molecule has 6 heteroatoms. The summed E-state index contributed by atoms with van der Waals surface area (Å²) in [6, 6.07) is 20.5. The molecular weight excluding hydrogens is 532 g/mol. The van der Waals surface area contributed by atoms with Crippen LogP contribution in [0.2, 0.25) is 0 Å². The van der Waals surface area contributed by atoms with Gasteiger partial charge in [-0.2, -0.15) is 0 Å². The normalized spacial score (nSPS) is 14.1. The molecule has 1 aliphatic carbocycles. The third-order valence-corrected chi connectivity index (χ3v) is 7.78. The molecule has 0 spiro atoms. The van der Waals surface area contributed by atoms with Gasteiger partial charge in [0.05, 0.1) is 18.7 Å². The van der Waals surface area contributed by atoms with Gasteiger partial charge in [-0.25, -0.2) is 4.98 Å². The van der Waals surface area contributed by atoms with Crippen molar-refractivity contribution in [3.8, 4) is 11.6 Å². The number of halogens is 1. The number of methoxy groups -OCH3 is 1. The Morgan fingerprint density at radius 3 is 2.59 bits per heavy atom. The van der Waals surface area contributed by atoms with E-state index in [4.69, 9.17) is 21.1 Å². The highest BCUT2D eigenvalue weighted by Gasteiger charge is 2.26. The maximum atomic E-state index is 11.8. The number of carbonyl (C=O) groups is 1. The van der Waals surface area contributed by atoms with Crippen molar-refractivity contribution < 1.29 is 14.3 Å². The molecule has 0 unspecified atom stereocenters. The number of rotatable bonds is 12. The number of likely N-dealkylation sites (N-methyl/N-ethyl adjacent to an activating group) is 1. The van der Waals surface area contributed by atoms with Crippen molar-refractivity contribution >= 4 is 33.7 Å². The number of nitrogens with zero attached hydrogens (tertiary/aromatic N) is 2. The number of ether oxygens (including phenoxy) is 2. The van der Waals surface area contributed by atoms with Crippen LogP contribution in [0.25, 0.3) is 16.2 Å². The Labute approximate surface area is 249 Å². The highest BCUT2D eigenvalue weighted by molar-refractivity contribution is 6.51. The summed E-state index contributed by atoms with van der Waals surface area (Å²) in [6.07, 6.45) is 8.86. The van der Waals surface area contributed by atoms with Crippen molar-refractivity contribution in [2.45, 2.75) is 39.5 Å². The van der Waals surface area contributed by atoms with Gasteiger partial charge in [0.25, 0.3) is 0 Å². The standard InChI is InChI=1S/C35H39ClN2O3/c1-6-29(25-13-9-14-28(21-25)40-5)34(31-22-26-12-7-8-15-30(26)35(31)36)27-17-18-32(37-23-27)41-20-10-11-24(2)16-19-33(39)38(3)4/h7-9,12-19,21,23-24H,6,10-11,20,22H2,1-5H3/b19-16+,34-29+/t24-/m1/s1. The summed E-state index contributed by atoms with van der Waals surface area (Å²) in [5.41, 5.74) is 7.83. The molecule has 1 amide bonds. The zero-order valence-corrected chi connectivity index (χ0v) is 25.4. The van der Waals surface area contributed by atoms with Crippen molar-refractivity contribution in [2.24, 2.45) is 5.92 Å². The minimum Gasteiger partial charge on any atom is -0.497 e. The molecule has 0 aliphatic heterocycles. The molecule has 0 fully saturated rings. The van der Waals surface area contributed by atoms with Gasteiger partial charge in [-0.15, -0.1) is 0 Å². The van der Waals surface area contributed by atoms with E-state index in [2.05, 4.69) is 55.2 Å². The Morgan fingerprint density at radius 1 is 1.10 bits per heavy atom. The Bertz CT molecular complexity index is 1450. The monoisotopic (exact) mass is 570 g/mol. The quantitative estimate of drug-likeness (QED) is 0.163. The maximum Gasteiger partial charge on any atom is 0.245 e. The van der Waals surface area contributed by atoms with Crippen molar-refractivity contribution in [1.82, 2.24) is 9.88 Å². The first-order valence-corrected chi connectivity index (χ1v) is 14.5. The van der Waals surface area contributed by atoms with E-state index in [0.29, 0.717) is 18.4 Å². The molecule has 5 nitrogen and oxygen atoms in total. The summed E-state index contributed by atoms with van der Waals surface area (Å²) >= 11 is 7.05. The second kappa shape index (κ2) is 14.2. The summed E-state index contributed by atoms with van der Waals surface area (Å²) < 4.78 is 11.5. The van der Waals surface area contributed by atoms with Crippen LogP contribution < -0.4 is 9.47 Å². The van der Waals surface area contributed by atoms with E-state index in [1.54, 1.807) is 32.2 Å². The van der Waals surface area contributed by atoms with E-state index < -0.39 is 0 Å². The number of benzene rings is 2. The number of fused-ring (bicyclic) bond motifs is 1. The van der Waals surface area contributed by atoms with E-state index in [9.17, 15) is 4.79 Å². The molecule has 3 aromatic rings. The molecule has 0 bridgehead atoms. The van der Waals surface area contributed by atoms with Gasteiger partial charge >= 0.3 is 0 Å². The second-order valence-corrected chi connectivity index (χ2v) is 10.9. The van der Waals surface area contributed by atoms with Crippen LogP contribution in [0.3, 0.4) is 0 Å². The fraction of sp³-hybridized carbons (Fsp3) is 0.314. The Morgan fingerprint density at radius 2 is 1.90 bits per heavy atom. The number of hydrogen-bond acceptors (Lipinski definition) is 4. The van der Waals surface area contributed by atoms with Crippen LogP contribution in [0.4, 0.5) is 0 Å². The summed E-state index contributed by atoms with van der Waals surface area (Å²) in [6.45, 7) is 4.84. The van der Waals surface area contributed by atoms with Crippen LogP contribution in [0.5, 0.6) is 11.6 Å². The predicted octanol–water partition coefficient (Wildman–Crippen LogP) is 8.06. The lowest BCUT2D eigenvalue weighted by Crippen LogP contribution is -2.19. The third-order valence-electron chi connectivity index (χ3n) is 7.35. The van der Waals surface area contributed by atoms with Gasteiger partial charge in [0.2, 0.25) is 11.8 Å². The number of aromatic nitrogens is 1. The highest BCUT2D eigenvalue weighted by atomic mass is 35.5. The largest absolute Gasteiger partial charge is 0.497 e. The number of pyridine rings is 1. The van der Waals surface area contributed by atoms with Gasteiger partial charge in [-0.05, 0) is 82.9 Å². The number of hydrogen-bond donors (Lipinski definition) is 0. The SMILES string of the molecule is CC/C(=C(\C1=C(Cl)c2ccccc2C1)c1ccc(OCCC[C@@H](C)/C=C/C(=O)N(C)C)nc1)c1cccc(OC)c1. The molecule has 214 valence electrons. The van der Waals surface area contributed by atoms with E-state index in [1.165, 1.54) is 11.1 Å². The van der Waals surface area contributed by atoms with Crippen molar-refractivity contribution in [2.75, 3.05) is 27.8 Å². The molecule has 1 aromatic heterocycles. The van der Waals surface area contributed by atoms with E-state index in [0.717, 1.165) is 64.3 Å². The molecule has 41 heavy (non-hydrogen) atoms. The second-order valence-electron chi connectivity index (χ2n) is 10.5. The summed E-state index contributed by atoms with van der Waals surface area (Å²) in [4.78, 5) is 18.0. The first-order chi connectivity index (χ1) is 19.8. The van der Waals surface area contributed by atoms with Crippen LogP contribution in [0.1, 0.15) is 55.4 Å². The summed E-state index contributed by atoms with van der Waals surface area (Å²) in [7, 11) is 5.19. The summed E-state index contributed by atoms with van der Waals surface area (Å²) in [5, 5.41) is 0.792. The Balaban J connectivity index is 1.56. The fourth-order valence-electron chi connectivity index (χ4n) is 5.07. The van der Waals surface area contributed by atoms with Gasteiger partial charge in [0.1, 0.15) is 5.75 Å². The zero-order chi connectivity index (χ0) is 29.4. The number of amides is 1. The van der Waals surface area contributed by atoms with E-state index in [-0.39, 0.29) is 5.91 Å². The zero-order valence-electron chi connectivity index (χ0n) is 24.6. The predicted molar refractivity (Wildman–Crippen MR) is 169 cm³/mol. The van der Waals surface area contributed by atoms with Gasteiger partial charge < -0.3 is 14.4 Å². The summed E-state index contributed by atoms with van der Waals surface area (Å²) in [5.74, 6) is 1.71. The van der Waals surface area contributed by atoms with Crippen LogP contribution in [-0.4, -0.2) is 43.6 Å². The van der Waals surface area contributed by atoms with E-state index >= 15 is 0 Å². The van der Waals surface area contributed by atoms with Crippen LogP contribution >= 0.6 is 11.6 Å². The van der Waals surface area contributed by atoms with Gasteiger partial charge in [-0.1, -0.05) is 67.9 Å². The first-order valence-electron chi connectivity index (χ1n) is 14.2. The molecule has 1 heterocycles. The van der Waals surface area contributed by atoms with Crippen LogP contribution in [0.15, 0.2) is 84.6 Å². The lowest BCUT2D eigenvalue weighted by molar-refractivity contribution is -0.123. The Kier molecular flexibility index (Phi) is 10.4. The number of carbonyl (C=O) groups excluding carboxylic acids is 1. The van der Waals surface area contributed by atoms with Crippen LogP contribution in [-0.2, 0) is 11.2 Å². The average Bonchev–Trinajstić information content (AvgIpc) is 3.32. The number of allylic oxidation sites excluding steroid dienone is 4. The molecule has 0 N–H and O–H groups in total. The minimum atomic E-state index is 0.00183. The highest BCUT2D eigenvalue weighted by Crippen LogP contribution is 2.45. The first kappa shape index (κ1) is 30.1. The minimum absolute atomic E-state index is 0.00183. The van der Waals surface area contributed by atoms with Gasteiger partial charge in [-0.3, -0.25) is 4.79 Å². The molecule has 1 atom stereocenters. The molecular formula is C35H39ClN2O3. The van der Waals surface area contributed by atoms with Crippen molar-refractivity contribution in [3.63, 3.8) is 0 Å². The lowest BCUT2D eigenvalue weighted by atomic mass is 9.88. The van der Waals surface area contributed by atoms with Gasteiger partial charge in [0.15, 0.2) is 0 Å². The third kappa shape index (κ3) is 7.47. The van der Waals surface area contributed by atoms with E-state index in [1.807, 2.05) is 36.5 Å². The topological polar surface area (TPSA) is 51.7 Å². The molecule has 0 saturated carbocycles. The average molecular weight is 571 g/mol. The molecule has 4 rings (SSSR count). The lowest BCUT2D eigenvalue weighted by Gasteiger charge is -2.18. The molecule has 2 aromatic carbocycles. The Hall–Kier alpha value is -3.83. The maximum absolute atomic E-state index is 11.8. The molecule has 0 saturated heterocycles. The smallest absolute Gasteiger partial charge is 0.245 e. The van der Waals surface area contributed by atoms with Crippen LogP contribution in [0, 0.1) is 5.92 Å². The fourth-order valence-corrected chi connectivity index (χ4v) is 5.42. The van der Waals surface area contributed by atoms with Crippen molar-refractivity contribution in [1.29, 1.82) is 0 Å². The molecule has 1 aliphatic rings. The van der Waals surface area contributed by atoms with Gasteiger partial charge in [0, 0.05) is 38.3 Å². The van der Waals surface area contributed by atoms with Crippen molar-refractivity contribution in [3.05, 3.63) is 107 Å². The molecule has 0 radical (unpaired) electrons.